The molecule has 5 nitrogen and oxygen atoms in total. The van der Waals surface area contributed by atoms with E-state index in [0.717, 1.165) is 37.2 Å². The molecule has 26 heavy (non-hydrogen) atoms. The maximum atomic E-state index is 13.8. The molecular formula is C20H25FN4O. The molecule has 1 amide bonds. The first kappa shape index (κ1) is 18.5. The molecule has 0 radical (unpaired) electrons. The molecule has 0 atom stereocenters. The molecule has 2 aromatic rings. The standard InChI is InChI=1S/C20H25FN4O/c1-24(2)14-17-13-22-16(12-23-17)11-15-7-9-25(10-8-15)20(26)18-5-3-4-6-19(18)21/h3-6,12-13,15H,7-11,14H2,1-2H3. The van der Waals surface area contributed by atoms with Gasteiger partial charge in [0.1, 0.15) is 5.82 Å². The van der Waals surface area contributed by atoms with Crippen LogP contribution in [0.4, 0.5) is 4.39 Å². The van der Waals surface area contributed by atoms with Gasteiger partial charge in [-0.15, -0.1) is 0 Å². The number of carbonyl (C=O) groups is 1. The van der Waals surface area contributed by atoms with Crippen molar-refractivity contribution in [2.45, 2.75) is 25.8 Å². The number of likely N-dealkylation sites (tertiary alicyclic amines) is 1. The van der Waals surface area contributed by atoms with Crippen LogP contribution >= 0.6 is 0 Å². The van der Waals surface area contributed by atoms with Gasteiger partial charge < -0.3 is 9.80 Å². The number of halogens is 1. The van der Waals surface area contributed by atoms with Gasteiger partial charge in [0.05, 0.1) is 23.1 Å². The van der Waals surface area contributed by atoms with Gasteiger partial charge in [-0.2, -0.15) is 0 Å². The van der Waals surface area contributed by atoms with Crippen molar-refractivity contribution in [1.82, 2.24) is 19.8 Å². The number of rotatable bonds is 5. The van der Waals surface area contributed by atoms with Crippen molar-refractivity contribution in [3.63, 3.8) is 0 Å². The van der Waals surface area contributed by atoms with Gasteiger partial charge in [0.25, 0.3) is 5.91 Å². The van der Waals surface area contributed by atoms with Crippen LogP contribution in [0.1, 0.15) is 34.6 Å². The highest BCUT2D eigenvalue weighted by Crippen LogP contribution is 2.22. The SMILES string of the molecule is CN(C)Cc1cnc(CC2CCN(C(=O)c3ccccc3F)CC2)cn1. The van der Waals surface area contributed by atoms with Crippen molar-refractivity contribution in [2.75, 3.05) is 27.2 Å². The number of aromatic nitrogens is 2. The summed E-state index contributed by atoms with van der Waals surface area (Å²) >= 11 is 0. The van der Waals surface area contributed by atoms with Crippen molar-refractivity contribution in [2.24, 2.45) is 5.92 Å². The van der Waals surface area contributed by atoms with Gasteiger partial charge in [-0.25, -0.2) is 4.39 Å². The monoisotopic (exact) mass is 356 g/mol. The van der Waals surface area contributed by atoms with Crippen molar-refractivity contribution in [3.8, 4) is 0 Å². The first-order valence-electron chi connectivity index (χ1n) is 9.01. The minimum Gasteiger partial charge on any atom is -0.339 e. The summed E-state index contributed by atoms with van der Waals surface area (Å²) in [5, 5.41) is 0. The minimum absolute atomic E-state index is 0.160. The maximum Gasteiger partial charge on any atom is 0.256 e. The second kappa shape index (κ2) is 8.36. The molecule has 2 heterocycles. The summed E-state index contributed by atoms with van der Waals surface area (Å²) in [5.74, 6) is -0.184. The number of benzene rings is 1. The first-order valence-corrected chi connectivity index (χ1v) is 9.01. The highest BCUT2D eigenvalue weighted by atomic mass is 19.1. The Balaban J connectivity index is 1.52. The molecule has 0 unspecified atom stereocenters. The molecule has 1 aromatic heterocycles. The van der Waals surface area contributed by atoms with Gasteiger partial charge in [0, 0.05) is 25.8 Å². The van der Waals surface area contributed by atoms with E-state index < -0.39 is 5.82 Å². The van der Waals surface area contributed by atoms with E-state index in [2.05, 4.69) is 14.9 Å². The molecule has 1 saturated heterocycles. The van der Waals surface area contributed by atoms with Gasteiger partial charge in [-0.1, -0.05) is 12.1 Å². The first-order chi connectivity index (χ1) is 12.5. The molecule has 3 rings (SSSR count). The van der Waals surface area contributed by atoms with Gasteiger partial charge >= 0.3 is 0 Å². The van der Waals surface area contributed by atoms with E-state index in [-0.39, 0.29) is 11.5 Å². The van der Waals surface area contributed by atoms with Crippen molar-refractivity contribution in [3.05, 3.63) is 59.4 Å². The molecule has 0 spiro atoms. The Morgan fingerprint density at radius 2 is 1.81 bits per heavy atom. The third kappa shape index (κ3) is 4.64. The van der Waals surface area contributed by atoms with Crippen LogP contribution in [0, 0.1) is 11.7 Å². The van der Waals surface area contributed by atoms with Crippen LogP contribution in [-0.4, -0.2) is 52.9 Å². The summed E-state index contributed by atoms with van der Waals surface area (Å²) in [6, 6.07) is 6.18. The minimum atomic E-state index is -0.451. The molecule has 1 aromatic carbocycles. The fraction of sp³-hybridized carbons (Fsp3) is 0.450. The number of piperidine rings is 1. The molecule has 0 bridgehead atoms. The van der Waals surface area contributed by atoms with E-state index >= 15 is 0 Å². The lowest BCUT2D eigenvalue weighted by Gasteiger charge is -2.32. The zero-order valence-corrected chi connectivity index (χ0v) is 15.4. The molecule has 6 heteroatoms. The molecular weight excluding hydrogens is 331 g/mol. The van der Waals surface area contributed by atoms with E-state index in [1.54, 1.807) is 23.1 Å². The van der Waals surface area contributed by atoms with Gasteiger partial charge in [0.2, 0.25) is 0 Å². The van der Waals surface area contributed by atoms with Gasteiger partial charge in [-0.05, 0) is 51.4 Å². The number of hydrogen-bond acceptors (Lipinski definition) is 4. The average Bonchev–Trinajstić information content (AvgIpc) is 2.63. The fourth-order valence-electron chi connectivity index (χ4n) is 3.33. The largest absolute Gasteiger partial charge is 0.339 e. The summed E-state index contributed by atoms with van der Waals surface area (Å²) in [6.07, 6.45) is 6.38. The predicted octanol–water partition coefficient (Wildman–Crippen LogP) is 2.77. The normalized spacial score (nSPS) is 15.5. The number of nitrogens with zero attached hydrogens (tertiary/aromatic N) is 4. The topological polar surface area (TPSA) is 49.3 Å². The lowest BCUT2D eigenvalue weighted by molar-refractivity contribution is 0.0685. The van der Waals surface area contributed by atoms with E-state index in [1.165, 1.54) is 6.07 Å². The summed E-state index contributed by atoms with van der Waals surface area (Å²) < 4.78 is 13.8. The van der Waals surface area contributed by atoms with Crippen LogP contribution in [0.3, 0.4) is 0 Å². The van der Waals surface area contributed by atoms with Crippen LogP contribution in [-0.2, 0) is 13.0 Å². The number of carbonyl (C=O) groups excluding carboxylic acids is 1. The zero-order valence-electron chi connectivity index (χ0n) is 15.4. The van der Waals surface area contributed by atoms with Crippen molar-refractivity contribution < 1.29 is 9.18 Å². The lowest BCUT2D eigenvalue weighted by Crippen LogP contribution is -2.39. The van der Waals surface area contributed by atoms with E-state index in [9.17, 15) is 9.18 Å². The summed E-state index contributed by atoms with van der Waals surface area (Å²) in [7, 11) is 4.01. The molecule has 1 fully saturated rings. The predicted molar refractivity (Wildman–Crippen MR) is 98.2 cm³/mol. The summed E-state index contributed by atoms with van der Waals surface area (Å²) in [5.41, 5.74) is 2.11. The molecule has 1 aliphatic heterocycles. The molecule has 0 aliphatic carbocycles. The molecule has 0 N–H and O–H groups in total. The highest BCUT2D eigenvalue weighted by Gasteiger charge is 2.25. The number of amides is 1. The summed E-state index contributed by atoms with van der Waals surface area (Å²) in [6.45, 7) is 2.10. The summed E-state index contributed by atoms with van der Waals surface area (Å²) in [4.78, 5) is 25.3. The zero-order chi connectivity index (χ0) is 18.5. The smallest absolute Gasteiger partial charge is 0.256 e. The molecule has 0 saturated carbocycles. The van der Waals surface area contributed by atoms with Crippen LogP contribution in [0.15, 0.2) is 36.7 Å². The highest BCUT2D eigenvalue weighted by molar-refractivity contribution is 5.94. The average molecular weight is 356 g/mol. The third-order valence-electron chi connectivity index (χ3n) is 4.74. The van der Waals surface area contributed by atoms with Crippen molar-refractivity contribution in [1.29, 1.82) is 0 Å². The van der Waals surface area contributed by atoms with E-state index in [1.807, 2.05) is 26.5 Å². The Kier molecular flexibility index (Phi) is 5.93. The van der Waals surface area contributed by atoms with E-state index in [0.29, 0.717) is 19.0 Å². The molecule has 138 valence electrons. The molecule has 1 aliphatic rings. The van der Waals surface area contributed by atoms with Crippen LogP contribution in [0.5, 0.6) is 0 Å². The lowest BCUT2D eigenvalue weighted by atomic mass is 9.92. The van der Waals surface area contributed by atoms with Crippen LogP contribution in [0.2, 0.25) is 0 Å². The van der Waals surface area contributed by atoms with E-state index in [4.69, 9.17) is 0 Å². The Bertz CT molecular complexity index is 740. The van der Waals surface area contributed by atoms with Crippen molar-refractivity contribution >= 4 is 5.91 Å². The van der Waals surface area contributed by atoms with Crippen LogP contribution in [0.25, 0.3) is 0 Å². The quantitative estimate of drug-likeness (QED) is 0.827. The van der Waals surface area contributed by atoms with Gasteiger partial charge in [-0.3, -0.25) is 14.8 Å². The Hall–Kier alpha value is -2.34. The third-order valence-corrected chi connectivity index (χ3v) is 4.74. The van der Waals surface area contributed by atoms with Crippen LogP contribution < -0.4 is 0 Å². The Morgan fingerprint density at radius 1 is 1.15 bits per heavy atom. The second-order valence-corrected chi connectivity index (χ2v) is 7.16. The fourth-order valence-corrected chi connectivity index (χ4v) is 3.33. The maximum absolute atomic E-state index is 13.8. The second-order valence-electron chi connectivity index (χ2n) is 7.16. The number of hydrogen-bond donors (Lipinski definition) is 0. The Morgan fingerprint density at radius 3 is 2.42 bits per heavy atom. The van der Waals surface area contributed by atoms with Gasteiger partial charge in [0.15, 0.2) is 0 Å². The Labute approximate surface area is 153 Å².